The molecular weight excluding hydrogens is 500 g/mol. The Kier molecular flexibility index (Phi) is 5.49. The zero-order valence-corrected chi connectivity index (χ0v) is 22.3. The summed E-state index contributed by atoms with van der Waals surface area (Å²) in [6.45, 7) is 0. The first-order chi connectivity index (χ1) is 20.3. The molecule has 0 aliphatic carbocycles. The molecule has 0 bridgehead atoms. The quantitative estimate of drug-likeness (QED) is 0.246. The molecular formula is C37H26N4. The van der Waals surface area contributed by atoms with Gasteiger partial charge in [0.2, 0.25) is 0 Å². The van der Waals surface area contributed by atoms with Crippen LogP contribution in [-0.2, 0) is 0 Å². The summed E-state index contributed by atoms with van der Waals surface area (Å²) in [5, 5.41) is 8.32. The first kappa shape index (κ1) is 23.4. The van der Waals surface area contributed by atoms with E-state index in [0.717, 1.165) is 39.4 Å². The van der Waals surface area contributed by atoms with Gasteiger partial charge in [0.15, 0.2) is 6.17 Å². The molecule has 0 saturated heterocycles. The van der Waals surface area contributed by atoms with Gasteiger partial charge in [0.25, 0.3) is 0 Å². The third-order valence-corrected chi connectivity index (χ3v) is 7.87. The van der Waals surface area contributed by atoms with Crippen molar-refractivity contribution in [1.29, 1.82) is 0 Å². The number of rotatable bonds is 4. The van der Waals surface area contributed by atoms with Gasteiger partial charge in [-0.15, -0.1) is 0 Å². The summed E-state index contributed by atoms with van der Waals surface area (Å²) in [5.41, 5.74) is 6.69. The summed E-state index contributed by atoms with van der Waals surface area (Å²) in [4.78, 5) is 10.3. The molecule has 41 heavy (non-hydrogen) atoms. The summed E-state index contributed by atoms with van der Waals surface area (Å²) in [5.74, 6) is 1.64. The summed E-state index contributed by atoms with van der Waals surface area (Å²) in [7, 11) is 0. The van der Waals surface area contributed by atoms with Crippen LogP contribution in [0.4, 0.5) is 0 Å². The van der Waals surface area contributed by atoms with Crippen LogP contribution >= 0.6 is 0 Å². The van der Waals surface area contributed by atoms with Crippen molar-refractivity contribution in [1.82, 2.24) is 9.88 Å². The third kappa shape index (κ3) is 3.92. The van der Waals surface area contributed by atoms with Crippen LogP contribution in [0.2, 0.25) is 0 Å². The van der Waals surface area contributed by atoms with Crippen LogP contribution in [0.25, 0.3) is 38.3 Å². The molecule has 4 nitrogen and oxygen atoms in total. The first-order valence-corrected chi connectivity index (χ1v) is 13.9. The molecule has 4 heteroatoms. The van der Waals surface area contributed by atoms with Gasteiger partial charge >= 0.3 is 0 Å². The molecule has 0 amide bonds. The Bertz CT molecular complexity index is 2010. The zero-order chi connectivity index (χ0) is 27.2. The second-order valence-electron chi connectivity index (χ2n) is 10.3. The number of aromatic nitrogens is 1. The first-order valence-electron chi connectivity index (χ1n) is 13.9. The lowest BCUT2D eigenvalue weighted by Gasteiger charge is -2.23. The monoisotopic (exact) mass is 526 g/mol. The lowest BCUT2D eigenvalue weighted by Crippen LogP contribution is -2.36. The van der Waals surface area contributed by atoms with E-state index in [1.165, 1.54) is 27.2 Å². The van der Waals surface area contributed by atoms with E-state index < -0.39 is 6.17 Å². The fourth-order valence-corrected chi connectivity index (χ4v) is 5.99. The van der Waals surface area contributed by atoms with Crippen LogP contribution in [-0.4, -0.2) is 16.2 Å². The lowest BCUT2D eigenvalue weighted by atomic mass is 10.0. The number of hydrogen-bond donors (Lipinski definition) is 1. The van der Waals surface area contributed by atoms with Gasteiger partial charge in [-0.1, -0.05) is 127 Å². The Balaban J connectivity index is 1.35. The summed E-state index contributed by atoms with van der Waals surface area (Å²) in [6, 6.07) is 50.9. The lowest BCUT2D eigenvalue weighted by molar-refractivity contribution is 0.762. The smallest absolute Gasteiger partial charge is 0.170 e. The highest BCUT2D eigenvalue weighted by molar-refractivity contribution is 6.16. The Morgan fingerprint density at radius 2 is 0.927 bits per heavy atom. The molecule has 194 valence electrons. The predicted molar refractivity (Wildman–Crippen MR) is 170 cm³/mol. The molecule has 0 fully saturated rings. The molecule has 8 rings (SSSR count). The molecule has 7 aromatic rings. The normalized spacial score (nSPS) is 13.8. The van der Waals surface area contributed by atoms with Gasteiger partial charge in [-0.05, 0) is 23.6 Å². The van der Waals surface area contributed by atoms with Gasteiger partial charge < -0.3 is 9.88 Å². The van der Waals surface area contributed by atoms with Crippen molar-refractivity contribution in [3.05, 3.63) is 162 Å². The van der Waals surface area contributed by atoms with E-state index in [0.29, 0.717) is 0 Å². The minimum absolute atomic E-state index is 0.390. The van der Waals surface area contributed by atoms with E-state index in [4.69, 9.17) is 9.98 Å². The molecule has 0 spiro atoms. The maximum Gasteiger partial charge on any atom is 0.170 e. The van der Waals surface area contributed by atoms with E-state index in [1.54, 1.807) is 0 Å². The van der Waals surface area contributed by atoms with Crippen molar-refractivity contribution in [2.75, 3.05) is 0 Å². The number of fused-ring (bicyclic) bond motifs is 4. The number of hydrogen-bond acceptors (Lipinski definition) is 3. The van der Waals surface area contributed by atoms with E-state index in [9.17, 15) is 0 Å². The van der Waals surface area contributed by atoms with Crippen molar-refractivity contribution in [3.63, 3.8) is 0 Å². The number of para-hydroxylation sites is 2. The maximum absolute atomic E-state index is 5.15. The highest BCUT2D eigenvalue weighted by Crippen LogP contribution is 2.37. The minimum atomic E-state index is -0.390. The van der Waals surface area contributed by atoms with Gasteiger partial charge in [-0.25, -0.2) is 9.98 Å². The fourth-order valence-electron chi connectivity index (χ4n) is 5.99. The maximum atomic E-state index is 5.15. The SMILES string of the molecule is c1ccc(C2=NC(c3cccc4c(-n5c6ccccc6c6ccccc65)cccc34)N=C(c3ccccc3)N2)cc1. The Labute approximate surface area is 237 Å². The summed E-state index contributed by atoms with van der Waals surface area (Å²) in [6.07, 6.45) is -0.390. The van der Waals surface area contributed by atoms with Gasteiger partial charge in [0.1, 0.15) is 11.7 Å². The van der Waals surface area contributed by atoms with Crippen LogP contribution in [0.15, 0.2) is 156 Å². The van der Waals surface area contributed by atoms with Crippen molar-refractivity contribution in [2.24, 2.45) is 9.98 Å². The van der Waals surface area contributed by atoms with Crippen molar-refractivity contribution in [3.8, 4) is 5.69 Å². The number of nitrogens with one attached hydrogen (secondary N) is 1. The van der Waals surface area contributed by atoms with E-state index in [2.05, 4.69) is 119 Å². The van der Waals surface area contributed by atoms with Gasteiger partial charge in [-0.2, -0.15) is 0 Å². The molecule has 2 heterocycles. The standard InChI is InChI=1S/C37H26N4/c1-3-13-25(14-4-1)35-38-36(26-15-5-2-6-16-26)40-37(39-35)31-21-11-20-28-27(31)19-12-24-34(28)41-32-22-9-7-17-29(32)30-18-8-10-23-33(30)41/h1-24,37H,(H,38,39,40). The predicted octanol–water partition coefficient (Wildman–Crippen LogP) is 8.43. The molecule has 1 aliphatic heterocycles. The average Bonchev–Trinajstić information content (AvgIpc) is 3.39. The molecule has 1 aromatic heterocycles. The van der Waals surface area contributed by atoms with Crippen LogP contribution < -0.4 is 5.32 Å². The fraction of sp³-hybridized carbons (Fsp3) is 0.0270. The van der Waals surface area contributed by atoms with Crippen molar-refractivity contribution >= 4 is 44.2 Å². The van der Waals surface area contributed by atoms with Crippen LogP contribution in [0.1, 0.15) is 22.9 Å². The molecule has 1 aliphatic rings. The Morgan fingerprint density at radius 3 is 1.54 bits per heavy atom. The second-order valence-corrected chi connectivity index (χ2v) is 10.3. The Morgan fingerprint density at radius 1 is 0.439 bits per heavy atom. The Hall–Kier alpha value is -5.48. The number of amidine groups is 2. The highest BCUT2D eigenvalue weighted by Gasteiger charge is 2.23. The van der Waals surface area contributed by atoms with E-state index in [-0.39, 0.29) is 0 Å². The molecule has 1 N–H and O–H groups in total. The third-order valence-electron chi connectivity index (χ3n) is 7.87. The van der Waals surface area contributed by atoms with Crippen LogP contribution in [0, 0.1) is 0 Å². The number of nitrogens with zero attached hydrogens (tertiary/aromatic N) is 3. The molecule has 0 unspecified atom stereocenters. The molecule has 0 atom stereocenters. The average molecular weight is 527 g/mol. The van der Waals surface area contributed by atoms with Crippen LogP contribution in [0.5, 0.6) is 0 Å². The van der Waals surface area contributed by atoms with Gasteiger partial charge in [-0.3, -0.25) is 0 Å². The van der Waals surface area contributed by atoms with Crippen molar-refractivity contribution < 1.29 is 0 Å². The molecule has 6 aromatic carbocycles. The minimum Gasteiger partial charge on any atom is -0.324 e. The number of aliphatic imine (C=N–C) groups is 2. The second kappa shape index (κ2) is 9.61. The van der Waals surface area contributed by atoms with Crippen LogP contribution in [0.3, 0.4) is 0 Å². The zero-order valence-electron chi connectivity index (χ0n) is 22.3. The largest absolute Gasteiger partial charge is 0.324 e. The molecule has 0 radical (unpaired) electrons. The van der Waals surface area contributed by atoms with E-state index >= 15 is 0 Å². The van der Waals surface area contributed by atoms with Gasteiger partial charge in [0.05, 0.1) is 16.7 Å². The summed E-state index contributed by atoms with van der Waals surface area (Å²) >= 11 is 0. The number of benzene rings is 6. The molecule has 0 saturated carbocycles. The van der Waals surface area contributed by atoms with E-state index in [1.807, 2.05) is 36.4 Å². The van der Waals surface area contributed by atoms with Crippen molar-refractivity contribution in [2.45, 2.75) is 6.17 Å². The summed E-state index contributed by atoms with van der Waals surface area (Å²) < 4.78 is 2.39. The van der Waals surface area contributed by atoms with Gasteiger partial charge in [0, 0.05) is 32.8 Å². The topological polar surface area (TPSA) is 41.7 Å². The highest BCUT2D eigenvalue weighted by atomic mass is 15.2.